The average molecular weight is 352 g/mol. The molecule has 0 bridgehead atoms. The molecule has 1 amide bonds. The predicted octanol–water partition coefficient (Wildman–Crippen LogP) is 3.86. The fraction of sp³-hybridized carbons (Fsp3) is 0.176. The molecule has 1 N–H and O–H groups in total. The fourth-order valence-corrected chi connectivity index (χ4v) is 2.14. The summed E-state index contributed by atoms with van der Waals surface area (Å²) in [6.07, 6.45) is 0.0871. The molecule has 0 saturated carbocycles. The first-order valence-corrected chi connectivity index (χ1v) is 7.74. The number of nitrogens with one attached hydrogen (secondary N) is 1. The Kier molecular flexibility index (Phi) is 6.44. The summed E-state index contributed by atoms with van der Waals surface area (Å²) in [4.78, 5) is 23.5. The Morgan fingerprint density at radius 3 is 2.39 bits per heavy atom. The maximum atomic E-state index is 11.8. The molecular formula is C17H15Cl2NO3. The lowest BCUT2D eigenvalue weighted by Gasteiger charge is -2.07. The summed E-state index contributed by atoms with van der Waals surface area (Å²) in [6.45, 7) is 0.312. The maximum Gasteiger partial charge on any atom is 0.307 e. The van der Waals surface area contributed by atoms with Gasteiger partial charge >= 0.3 is 5.97 Å². The van der Waals surface area contributed by atoms with Crippen LogP contribution in [0.25, 0.3) is 0 Å². The molecule has 0 aliphatic rings. The van der Waals surface area contributed by atoms with E-state index in [9.17, 15) is 9.59 Å². The van der Waals surface area contributed by atoms with Crippen LogP contribution >= 0.6 is 23.2 Å². The lowest BCUT2D eigenvalue weighted by atomic mass is 10.2. The molecular weight excluding hydrogens is 337 g/mol. The zero-order chi connectivity index (χ0) is 16.7. The third-order valence-electron chi connectivity index (χ3n) is 3.07. The first-order valence-electron chi connectivity index (χ1n) is 6.99. The van der Waals surface area contributed by atoms with Gasteiger partial charge in [-0.3, -0.25) is 9.59 Å². The molecule has 2 rings (SSSR count). The second-order valence-electron chi connectivity index (χ2n) is 4.76. The summed E-state index contributed by atoms with van der Waals surface area (Å²) < 4.78 is 5.12. The van der Waals surface area contributed by atoms with Gasteiger partial charge in [0.05, 0.1) is 6.42 Å². The molecule has 4 nitrogen and oxygen atoms in total. The lowest BCUT2D eigenvalue weighted by Crippen LogP contribution is -2.26. The van der Waals surface area contributed by atoms with Crippen molar-refractivity contribution in [2.75, 3.05) is 6.54 Å². The summed E-state index contributed by atoms with van der Waals surface area (Å²) >= 11 is 11.7. The zero-order valence-electron chi connectivity index (χ0n) is 12.2. The van der Waals surface area contributed by atoms with Gasteiger partial charge in [0.25, 0.3) is 5.91 Å². The normalized spacial score (nSPS) is 10.2. The van der Waals surface area contributed by atoms with Crippen LogP contribution in [0.2, 0.25) is 10.0 Å². The minimum atomic E-state index is -0.402. The fourth-order valence-electron chi connectivity index (χ4n) is 1.83. The summed E-state index contributed by atoms with van der Waals surface area (Å²) in [5.74, 6) is -0.665. The van der Waals surface area contributed by atoms with Crippen molar-refractivity contribution in [2.45, 2.75) is 13.0 Å². The highest BCUT2D eigenvalue weighted by Crippen LogP contribution is 2.15. The molecule has 0 atom stereocenters. The Balaban J connectivity index is 1.71. The molecule has 0 heterocycles. The van der Waals surface area contributed by atoms with Gasteiger partial charge in [-0.15, -0.1) is 0 Å². The third-order valence-corrected chi connectivity index (χ3v) is 3.69. The maximum absolute atomic E-state index is 11.8. The molecule has 2 aromatic carbocycles. The van der Waals surface area contributed by atoms with Gasteiger partial charge in [-0.2, -0.15) is 0 Å². The van der Waals surface area contributed by atoms with Crippen LogP contribution in [0.1, 0.15) is 22.3 Å². The van der Waals surface area contributed by atoms with Gasteiger partial charge < -0.3 is 10.1 Å². The molecule has 0 aliphatic carbocycles. The zero-order valence-corrected chi connectivity index (χ0v) is 13.7. The Labute approximate surface area is 144 Å². The van der Waals surface area contributed by atoms with Gasteiger partial charge in [0.1, 0.15) is 6.61 Å². The van der Waals surface area contributed by atoms with Gasteiger partial charge in [-0.1, -0.05) is 41.4 Å². The van der Waals surface area contributed by atoms with E-state index in [1.54, 1.807) is 42.5 Å². The van der Waals surface area contributed by atoms with Gasteiger partial charge in [0.15, 0.2) is 0 Å². The van der Waals surface area contributed by atoms with Crippen molar-refractivity contribution in [1.82, 2.24) is 5.32 Å². The largest absolute Gasteiger partial charge is 0.461 e. The van der Waals surface area contributed by atoms with Crippen LogP contribution in [0.4, 0.5) is 0 Å². The van der Waals surface area contributed by atoms with Crippen LogP contribution in [0.5, 0.6) is 0 Å². The molecule has 0 radical (unpaired) electrons. The summed E-state index contributed by atoms with van der Waals surface area (Å²) in [6, 6.07) is 13.7. The topological polar surface area (TPSA) is 55.4 Å². The first kappa shape index (κ1) is 17.3. The van der Waals surface area contributed by atoms with Crippen LogP contribution in [-0.2, 0) is 16.1 Å². The van der Waals surface area contributed by atoms with Crippen molar-refractivity contribution in [3.8, 4) is 0 Å². The number of rotatable bonds is 6. The predicted molar refractivity (Wildman–Crippen MR) is 89.7 cm³/mol. The van der Waals surface area contributed by atoms with E-state index in [2.05, 4.69) is 5.32 Å². The van der Waals surface area contributed by atoms with Crippen molar-refractivity contribution < 1.29 is 14.3 Å². The molecule has 0 unspecified atom stereocenters. The number of hydrogen-bond acceptors (Lipinski definition) is 3. The van der Waals surface area contributed by atoms with E-state index in [1.165, 1.54) is 0 Å². The molecule has 2 aromatic rings. The summed E-state index contributed by atoms with van der Waals surface area (Å²) in [7, 11) is 0. The number of carbonyl (C=O) groups excluding carboxylic acids is 2. The highest BCUT2D eigenvalue weighted by Gasteiger charge is 2.08. The Bertz CT molecular complexity index is 686. The van der Waals surface area contributed by atoms with E-state index >= 15 is 0 Å². The minimum Gasteiger partial charge on any atom is -0.461 e. The minimum absolute atomic E-state index is 0.0871. The number of hydrogen-bond donors (Lipinski definition) is 1. The number of benzene rings is 2. The van der Waals surface area contributed by atoms with Crippen molar-refractivity contribution in [3.63, 3.8) is 0 Å². The van der Waals surface area contributed by atoms with Crippen LogP contribution < -0.4 is 5.32 Å². The quantitative estimate of drug-likeness (QED) is 0.804. The van der Waals surface area contributed by atoms with Crippen molar-refractivity contribution in [2.24, 2.45) is 0 Å². The Morgan fingerprint density at radius 2 is 1.70 bits per heavy atom. The molecule has 0 fully saturated rings. The lowest BCUT2D eigenvalue weighted by molar-refractivity contribution is -0.144. The third kappa shape index (κ3) is 5.58. The van der Waals surface area contributed by atoms with Crippen LogP contribution in [-0.4, -0.2) is 18.4 Å². The first-order chi connectivity index (χ1) is 11.1. The van der Waals surface area contributed by atoms with Crippen LogP contribution in [0.15, 0.2) is 48.5 Å². The van der Waals surface area contributed by atoms with Crippen LogP contribution in [0, 0.1) is 0 Å². The number of halogens is 2. The molecule has 0 aliphatic heterocycles. The molecule has 6 heteroatoms. The van der Waals surface area contributed by atoms with Gasteiger partial charge in [0, 0.05) is 27.7 Å². The highest BCUT2D eigenvalue weighted by atomic mass is 35.5. The molecule has 120 valence electrons. The summed E-state index contributed by atoms with van der Waals surface area (Å²) in [5.41, 5.74) is 1.23. The number of carbonyl (C=O) groups is 2. The van der Waals surface area contributed by atoms with Crippen molar-refractivity contribution >= 4 is 35.1 Å². The van der Waals surface area contributed by atoms with E-state index < -0.39 is 5.97 Å². The van der Waals surface area contributed by atoms with Gasteiger partial charge in [-0.25, -0.2) is 0 Å². The van der Waals surface area contributed by atoms with E-state index in [4.69, 9.17) is 27.9 Å². The van der Waals surface area contributed by atoms with E-state index in [0.29, 0.717) is 15.6 Å². The molecule has 23 heavy (non-hydrogen) atoms. The van der Waals surface area contributed by atoms with Gasteiger partial charge in [-0.05, 0) is 30.3 Å². The van der Waals surface area contributed by atoms with Gasteiger partial charge in [0.2, 0.25) is 0 Å². The molecule has 0 spiro atoms. The Morgan fingerprint density at radius 1 is 1.00 bits per heavy atom. The molecule has 0 saturated heterocycles. The second-order valence-corrected chi connectivity index (χ2v) is 5.61. The molecule has 0 aromatic heterocycles. The van der Waals surface area contributed by atoms with E-state index in [1.807, 2.05) is 6.07 Å². The standard InChI is InChI=1S/C17H15Cl2NO3/c18-14-7-5-12(6-8-14)17(22)20-10-9-16(21)23-11-13-3-1-2-4-15(13)19/h1-8H,9-11H2,(H,20,22). The SMILES string of the molecule is O=C(CCNC(=O)c1ccc(Cl)cc1)OCc1ccccc1Cl. The number of amides is 1. The van der Waals surface area contributed by atoms with Crippen LogP contribution in [0.3, 0.4) is 0 Å². The monoisotopic (exact) mass is 351 g/mol. The van der Waals surface area contributed by atoms with E-state index in [0.717, 1.165) is 5.56 Å². The highest BCUT2D eigenvalue weighted by molar-refractivity contribution is 6.31. The van der Waals surface area contributed by atoms with E-state index in [-0.39, 0.29) is 25.5 Å². The van der Waals surface area contributed by atoms with Crippen molar-refractivity contribution in [1.29, 1.82) is 0 Å². The summed E-state index contributed by atoms with van der Waals surface area (Å²) in [5, 5.41) is 3.76. The average Bonchev–Trinajstić information content (AvgIpc) is 2.54. The Hall–Kier alpha value is -2.04. The second kappa shape index (κ2) is 8.56. The number of ether oxygens (including phenoxy) is 1. The number of esters is 1. The van der Waals surface area contributed by atoms with Crippen molar-refractivity contribution in [3.05, 3.63) is 69.7 Å². The smallest absolute Gasteiger partial charge is 0.307 e.